The first-order valence-electron chi connectivity index (χ1n) is 12.8. The third-order valence-electron chi connectivity index (χ3n) is 6.57. The van der Waals surface area contributed by atoms with E-state index in [2.05, 4.69) is 49.9 Å². The first-order valence-corrected chi connectivity index (χ1v) is 12.8. The molecule has 2 aromatic carbocycles. The number of aryl methyl sites for hydroxylation is 1. The van der Waals surface area contributed by atoms with E-state index in [4.69, 9.17) is 13.9 Å². The first-order chi connectivity index (χ1) is 18.6. The van der Waals surface area contributed by atoms with Crippen molar-refractivity contribution in [1.29, 1.82) is 0 Å². The zero-order valence-electron chi connectivity index (χ0n) is 21.9. The van der Waals surface area contributed by atoms with Crippen LogP contribution in [0.5, 0.6) is 17.4 Å². The topological polar surface area (TPSA) is 75.9 Å². The fourth-order valence-electron chi connectivity index (χ4n) is 4.57. The number of aromatic nitrogens is 2. The summed E-state index contributed by atoms with van der Waals surface area (Å²) in [5, 5.41) is 3.49. The van der Waals surface area contributed by atoms with Gasteiger partial charge in [0.05, 0.1) is 24.7 Å². The van der Waals surface area contributed by atoms with Crippen LogP contribution in [0.2, 0.25) is 0 Å². The minimum atomic E-state index is 0.580. The van der Waals surface area contributed by atoms with Crippen LogP contribution in [-0.4, -0.2) is 48.2 Å². The van der Waals surface area contributed by atoms with E-state index in [9.17, 15) is 0 Å². The standard InChI is InChI=1S/C30H33N5O3/c1-22(32-20-24-8-6-9-26(18-24)38-30-10-4-5-13-31-30)34-14-7-15-35(17-16-34)25-11-12-27(28(19-25)36-3)29-21-33-23(2)37-29/h4-6,8-13,18-19,21,32H,1,7,14-17,20H2,2-3H3. The molecular formula is C30H33N5O3. The van der Waals surface area contributed by atoms with Gasteiger partial charge in [-0.15, -0.1) is 0 Å². The fraction of sp³-hybridized carbons (Fsp3) is 0.267. The summed E-state index contributed by atoms with van der Waals surface area (Å²) < 4.78 is 17.3. The van der Waals surface area contributed by atoms with Gasteiger partial charge in [-0.25, -0.2) is 9.97 Å². The maximum absolute atomic E-state index is 5.87. The number of methoxy groups -OCH3 is 1. The van der Waals surface area contributed by atoms with Crippen LogP contribution >= 0.6 is 0 Å². The van der Waals surface area contributed by atoms with Gasteiger partial charge in [-0.1, -0.05) is 24.8 Å². The summed E-state index contributed by atoms with van der Waals surface area (Å²) in [6.45, 7) is 10.5. The van der Waals surface area contributed by atoms with Crippen LogP contribution in [-0.2, 0) is 6.54 Å². The lowest BCUT2D eigenvalue weighted by atomic mass is 10.1. The van der Waals surface area contributed by atoms with Crippen LogP contribution < -0.4 is 19.7 Å². The van der Waals surface area contributed by atoms with Gasteiger partial charge in [0.1, 0.15) is 11.5 Å². The van der Waals surface area contributed by atoms with Gasteiger partial charge in [-0.3, -0.25) is 0 Å². The van der Waals surface area contributed by atoms with Crippen LogP contribution in [0.15, 0.2) is 89.9 Å². The molecular weight excluding hydrogens is 478 g/mol. The second kappa shape index (κ2) is 11.7. The molecule has 0 radical (unpaired) electrons. The molecule has 2 aromatic heterocycles. The SMILES string of the molecule is C=C(NCc1cccc(Oc2ccccn2)c1)N1CCCN(c2ccc(-c3cnc(C)o3)c(OC)c2)CC1. The van der Waals surface area contributed by atoms with E-state index >= 15 is 0 Å². The van der Waals surface area contributed by atoms with Crippen molar-refractivity contribution in [2.45, 2.75) is 19.9 Å². The second-order valence-electron chi connectivity index (χ2n) is 9.17. The van der Waals surface area contributed by atoms with Gasteiger partial charge in [0.2, 0.25) is 5.88 Å². The van der Waals surface area contributed by atoms with Crippen molar-refractivity contribution in [3.8, 4) is 28.7 Å². The van der Waals surface area contributed by atoms with Crippen LogP contribution in [0.1, 0.15) is 17.9 Å². The molecule has 0 spiro atoms. The molecule has 1 N–H and O–H groups in total. The van der Waals surface area contributed by atoms with Gasteiger partial charge in [0, 0.05) is 63.7 Å². The number of rotatable bonds is 9. The smallest absolute Gasteiger partial charge is 0.219 e. The van der Waals surface area contributed by atoms with E-state index in [1.54, 1.807) is 19.5 Å². The summed E-state index contributed by atoms with van der Waals surface area (Å²) in [7, 11) is 1.69. The highest BCUT2D eigenvalue weighted by atomic mass is 16.5. The molecule has 8 nitrogen and oxygen atoms in total. The number of anilines is 1. The van der Waals surface area contributed by atoms with Gasteiger partial charge in [-0.2, -0.15) is 0 Å². The number of hydrogen-bond acceptors (Lipinski definition) is 8. The Hall–Kier alpha value is -4.46. The molecule has 1 aliphatic rings. The van der Waals surface area contributed by atoms with Gasteiger partial charge >= 0.3 is 0 Å². The molecule has 0 atom stereocenters. The summed E-state index contributed by atoms with van der Waals surface area (Å²) in [5.41, 5.74) is 3.15. The largest absolute Gasteiger partial charge is 0.496 e. The quantitative estimate of drug-likeness (QED) is 0.310. The van der Waals surface area contributed by atoms with Crippen molar-refractivity contribution in [3.05, 3.63) is 96.9 Å². The van der Waals surface area contributed by atoms with E-state index in [1.807, 2.05) is 49.4 Å². The molecule has 0 bridgehead atoms. The molecule has 0 unspecified atom stereocenters. The lowest BCUT2D eigenvalue weighted by Crippen LogP contribution is -2.34. The molecule has 8 heteroatoms. The zero-order valence-corrected chi connectivity index (χ0v) is 21.9. The van der Waals surface area contributed by atoms with Crippen LogP contribution in [0.3, 0.4) is 0 Å². The molecule has 1 aliphatic heterocycles. The molecule has 1 fully saturated rings. The maximum Gasteiger partial charge on any atom is 0.219 e. The monoisotopic (exact) mass is 511 g/mol. The summed E-state index contributed by atoms with van der Waals surface area (Å²) >= 11 is 0. The van der Waals surface area contributed by atoms with Crippen LogP contribution in [0.4, 0.5) is 5.69 Å². The minimum Gasteiger partial charge on any atom is -0.496 e. The Balaban J connectivity index is 1.17. The molecule has 1 saturated heterocycles. The first kappa shape index (κ1) is 25.2. The third-order valence-corrected chi connectivity index (χ3v) is 6.57. The van der Waals surface area contributed by atoms with Crippen molar-refractivity contribution in [2.75, 3.05) is 38.2 Å². The van der Waals surface area contributed by atoms with E-state index < -0.39 is 0 Å². The Morgan fingerprint density at radius 1 is 1.03 bits per heavy atom. The Kier molecular flexibility index (Phi) is 7.78. The Bertz CT molecular complexity index is 1370. The summed E-state index contributed by atoms with van der Waals surface area (Å²) in [6, 6.07) is 19.9. The average molecular weight is 512 g/mol. The van der Waals surface area contributed by atoms with Crippen LogP contribution in [0, 0.1) is 6.92 Å². The van der Waals surface area contributed by atoms with Gasteiger partial charge < -0.3 is 29.0 Å². The molecule has 0 saturated carbocycles. The maximum atomic E-state index is 5.87. The van der Waals surface area contributed by atoms with Gasteiger partial charge in [0.15, 0.2) is 11.7 Å². The van der Waals surface area contributed by atoms with Gasteiger partial charge in [0.25, 0.3) is 0 Å². The zero-order chi connectivity index (χ0) is 26.3. The number of nitrogens with one attached hydrogen (secondary N) is 1. The Morgan fingerprint density at radius 3 is 2.74 bits per heavy atom. The lowest BCUT2D eigenvalue weighted by molar-refractivity contribution is 0.341. The molecule has 5 rings (SSSR count). The van der Waals surface area contributed by atoms with Crippen molar-refractivity contribution < 1.29 is 13.9 Å². The van der Waals surface area contributed by atoms with Gasteiger partial charge in [-0.05, 0) is 42.3 Å². The van der Waals surface area contributed by atoms with E-state index in [1.165, 1.54) is 0 Å². The number of ether oxygens (including phenoxy) is 2. The van der Waals surface area contributed by atoms with Crippen molar-refractivity contribution >= 4 is 5.69 Å². The predicted octanol–water partition coefficient (Wildman–Crippen LogP) is 5.62. The van der Waals surface area contributed by atoms with Crippen LogP contribution in [0.25, 0.3) is 11.3 Å². The molecule has 38 heavy (non-hydrogen) atoms. The number of nitrogens with zero attached hydrogens (tertiary/aromatic N) is 4. The summed E-state index contributed by atoms with van der Waals surface area (Å²) in [5.74, 6) is 4.40. The summed E-state index contributed by atoms with van der Waals surface area (Å²) in [6.07, 6.45) is 4.48. The van der Waals surface area contributed by atoms with Crippen molar-refractivity contribution in [3.63, 3.8) is 0 Å². The van der Waals surface area contributed by atoms with Crippen molar-refractivity contribution in [1.82, 2.24) is 20.2 Å². The lowest BCUT2D eigenvalue weighted by Gasteiger charge is -2.27. The highest BCUT2D eigenvalue weighted by Gasteiger charge is 2.19. The molecule has 0 aliphatic carbocycles. The average Bonchev–Trinajstić information content (AvgIpc) is 3.23. The number of hydrogen-bond donors (Lipinski definition) is 1. The Labute approximate surface area is 223 Å². The Morgan fingerprint density at radius 2 is 1.95 bits per heavy atom. The fourth-order valence-corrected chi connectivity index (χ4v) is 4.57. The highest BCUT2D eigenvalue weighted by molar-refractivity contribution is 5.70. The third kappa shape index (κ3) is 6.08. The van der Waals surface area contributed by atoms with E-state index in [0.717, 1.165) is 66.7 Å². The number of oxazole rings is 1. The van der Waals surface area contributed by atoms with E-state index in [0.29, 0.717) is 24.1 Å². The number of benzene rings is 2. The molecule has 196 valence electrons. The molecule has 3 heterocycles. The minimum absolute atomic E-state index is 0.580. The highest BCUT2D eigenvalue weighted by Crippen LogP contribution is 2.34. The second-order valence-corrected chi connectivity index (χ2v) is 9.17. The molecule has 0 amide bonds. The molecule has 4 aromatic rings. The van der Waals surface area contributed by atoms with E-state index in [-0.39, 0.29) is 0 Å². The number of pyridine rings is 1. The predicted molar refractivity (Wildman–Crippen MR) is 148 cm³/mol. The normalized spacial score (nSPS) is 13.6. The van der Waals surface area contributed by atoms with Crippen molar-refractivity contribution in [2.24, 2.45) is 0 Å². The summed E-state index contributed by atoms with van der Waals surface area (Å²) in [4.78, 5) is 13.1.